The standard InChI is InChI=1S/C17H31N3O/c1-14(16(21)19-15-5-3-2-4-6-15)20-12-9-17(13-20)7-10-18-11-8-17/h14-15,18H,2-13H2,1H3,(H,19,21). The van der Waals surface area contributed by atoms with Crippen molar-refractivity contribution in [2.75, 3.05) is 26.2 Å². The summed E-state index contributed by atoms with van der Waals surface area (Å²) in [7, 11) is 0. The van der Waals surface area contributed by atoms with E-state index in [2.05, 4.69) is 22.5 Å². The summed E-state index contributed by atoms with van der Waals surface area (Å²) in [5.74, 6) is 0.257. The minimum Gasteiger partial charge on any atom is -0.352 e. The van der Waals surface area contributed by atoms with Gasteiger partial charge in [0.05, 0.1) is 6.04 Å². The first-order chi connectivity index (χ1) is 10.2. The molecule has 3 rings (SSSR count). The molecule has 1 atom stereocenters. The average molecular weight is 293 g/mol. The Hall–Kier alpha value is -0.610. The van der Waals surface area contributed by atoms with Gasteiger partial charge >= 0.3 is 0 Å². The van der Waals surface area contributed by atoms with E-state index < -0.39 is 0 Å². The van der Waals surface area contributed by atoms with Crippen LogP contribution in [0.4, 0.5) is 0 Å². The molecule has 1 spiro atoms. The second-order valence-corrected chi connectivity index (χ2v) is 7.49. The molecule has 21 heavy (non-hydrogen) atoms. The summed E-state index contributed by atoms with van der Waals surface area (Å²) in [6, 6.07) is 0.477. The van der Waals surface area contributed by atoms with E-state index >= 15 is 0 Å². The van der Waals surface area contributed by atoms with E-state index in [0.717, 1.165) is 26.2 Å². The van der Waals surface area contributed by atoms with Crippen molar-refractivity contribution in [2.45, 2.75) is 70.4 Å². The SMILES string of the molecule is CC(C(=O)NC1CCCCC1)N1CCC2(CCNCC2)C1. The Bertz CT molecular complexity index is 359. The summed E-state index contributed by atoms with van der Waals surface area (Å²) in [5.41, 5.74) is 0.491. The molecule has 0 radical (unpaired) electrons. The Labute approximate surface area is 129 Å². The van der Waals surface area contributed by atoms with Gasteiger partial charge in [0, 0.05) is 12.6 Å². The zero-order chi connectivity index (χ0) is 14.7. The maximum absolute atomic E-state index is 12.5. The number of amides is 1. The molecule has 0 bridgehead atoms. The maximum Gasteiger partial charge on any atom is 0.237 e. The number of nitrogens with zero attached hydrogens (tertiary/aromatic N) is 1. The quantitative estimate of drug-likeness (QED) is 0.835. The lowest BCUT2D eigenvalue weighted by atomic mass is 9.78. The molecule has 1 unspecified atom stereocenters. The number of likely N-dealkylation sites (tertiary alicyclic amines) is 1. The van der Waals surface area contributed by atoms with Gasteiger partial charge in [0.2, 0.25) is 5.91 Å². The lowest BCUT2D eigenvalue weighted by molar-refractivity contribution is -0.126. The van der Waals surface area contributed by atoms with Crippen molar-refractivity contribution in [2.24, 2.45) is 5.41 Å². The highest BCUT2D eigenvalue weighted by molar-refractivity contribution is 5.81. The summed E-state index contributed by atoms with van der Waals surface area (Å²) in [6.45, 7) is 6.61. The van der Waals surface area contributed by atoms with Crippen LogP contribution in [0.5, 0.6) is 0 Å². The van der Waals surface area contributed by atoms with E-state index in [1.165, 1.54) is 51.4 Å². The van der Waals surface area contributed by atoms with Crippen LogP contribution in [-0.4, -0.2) is 49.1 Å². The van der Waals surface area contributed by atoms with Crippen molar-refractivity contribution in [3.63, 3.8) is 0 Å². The molecule has 3 aliphatic rings. The molecule has 1 saturated carbocycles. The van der Waals surface area contributed by atoms with E-state index in [1.54, 1.807) is 0 Å². The maximum atomic E-state index is 12.5. The van der Waals surface area contributed by atoms with Gasteiger partial charge in [0.1, 0.15) is 0 Å². The van der Waals surface area contributed by atoms with Crippen molar-refractivity contribution < 1.29 is 4.79 Å². The number of hydrogen-bond donors (Lipinski definition) is 2. The molecule has 120 valence electrons. The van der Waals surface area contributed by atoms with Crippen LogP contribution in [0.2, 0.25) is 0 Å². The largest absolute Gasteiger partial charge is 0.352 e. The number of piperidine rings is 1. The van der Waals surface area contributed by atoms with E-state index in [1.807, 2.05) is 0 Å². The molecular weight excluding hydrogens is 262 g/mol. The van der Waals surface area contributed by atoms with Crippen LogP contribution in [0.1, 0.15) is 58.3 Å². The fraction of sp³-hybridized carbons (Fsp3) is 0.941. The first kappa shape index (κ1) is 15.3. The minimum atomic E-state index is 0.0428. The Kier molecular flexibility index (Phi) is 4.85. The van der Waals surface area contributed by atoms with Gasteiger partial charge in [0.15, 0.2) is 0 Å². The van der Waals surface area contributed by atoms with Gasteiger partial charge < -0.3 is 10.6 Å². The highest BCUT2D eigenvalue weighted by Gasteiger charge is 2.41. The fourth-order valence-corrected chi connectivity index (χ4v) is 4.40. The smallest absolute Gasteiger partial charge is 0.237 e. The third-order valence-corrected chi connectivity index (χ3v) is 6.01. The average Bonchev–Trinajstić information content (AvgIpc) is 2.92. The molecule has 0 aromatic heterocycles. The lowest BCUT2D eigenvalue weighted by Gasteiger charge is -2.35. The van der Waals surface area contributed by atoms with Crippen LogP contribution in [-0.2, 0) is 4.79 Å². The number of carbonyl (C=O) groups is 1. The van der Waals surface area contributed by atoms with Crippen molar-refractivity contribution in [3.8, 4) is 0 Å². The van der Waals surface area contributed by atoms with Crippen LogP contribution in [0, 0.1) is 5.41 Å². The Morgan fingerprint density at radius 3 is 2.62 bits per heavy atom. The summed E-state index contributed by atoms with van der Waals surface area (Å²) >= 11 is 0. The zero-order valence-corrected chi connectivity index (χ0v) is 13.5. The fourth-order valence-electron chi connectivity index (χ4n) is 4.40. The van der Waals surface area contributed by atoms with Crippen molar-refractivity contribution in [3.05, 3.63) is 0 Å². The van der Waals surface area contributed by atoms with Gasteiger partial charge in [-0.3, -0.25) is 9.69 Å². The molecule has 4 heteroatoms. The van der Waals surface area contributed by atoms with E-state index in [0.29, 0.717) is 11.5 Å². The van der Waals surface area contributed by atoms with Crippen LogP contribution < -0.4 is 10.6 Å². The van der Waals surface area contributed by atoms with Crippen molar-refractivity contribution >= 4 is 5.91 Å². The molecular formula is C17H31N3O. The molecule has 0 aromatic rings. The Morgan fingerprint density at radius 1 is 1.19 bits per heavy atom. The first-order valence-corrected chi connectivity index (χ1v) is 8.94. The summed E-state index contributed by atoms with van der Waals surface area (Å²) in [4.78, 5) is 14.9. The van der Waals surface area contributed by atoms with Gasteiger partial charge in [-0.05, 0) is 64.1 Å². The third-order valence-electron chi connectivity index (χ3n) is 6.01. The van der Waals surface area contributed by atoms with Gasteiger partial charge in [-0.25, -0.2) is 0 Å². The zero-order valence-electron chi connectivity index (χ0n) is 13.5. The highest BCUT2D eigenvalue weighted by Crippen LogP contribution is 2.39. The second-order valence-electron chi connectivity index (χ2n) is 7.49. The lowest BCUT2D eigenvalue weighted by Crippen LogP contribution is -2.49. The minimum absolute atomic E-state index is 0.0428. The number of carbonyl (C=O) groups excluding carboxylic acids is 1. The highest BCUT2D eigenvalue weighted by atomic mass is 16.2. The van der Waals surface area contributed by atoms with E-state index in [9.17, 15) is 4.79 Å². The van der Waals surface area contributed by atoms with Crippen molar-refractivity contribution in [1.29, 1.82) is 0 Å². The predicted molar refractivity (Wildman–Crippen MR) is 85.2 cm³/mol. The van der Waals surface area contributed by atoms with Gasteiger partial charge in [-0.2, -0.15) is 0 Å². The third kappa shape index (κ3) is 3.59. The molecule has 4 nitrogen and oxygen atoms in total. The van der Waals surface area contributed by atoms with Gasteiger partial charge in [0.25, 0.3) is 0 Å². The predicted octanol–water partition coefficient (Wildman–Crippen LogP) is 1.90. The van der Waals surface area contributed by atoms with Crippen LogP contribution in [0.15, 0.2) is 0 Å². The Morgan fingerprint density at radius 2 is 1.90 bits per heavy atom. The summed E-state index contributed by atoms with van der Waals surface area (Å²) in [5, 5.41) is 6.75. The van der Waals surface area contributed by atoms with E-state index in [-0.39, 0.29) is 11.9 Å². The second kappa shape index (κ2) is 6.66. The van der Waals surface area contributed by atoms with Crippen LogP contribution in [0.25, 0.3) is 0 Å². The summed E-state index contributed by atoms with van der Waals surface area (Å²) in [6.07, 6.45) is 10.1. The van der Waals surface area contributed by atoms with Crippen molar-refractivity contribution in [1.82, 2.24) is 15.5 Å². The van der Waals surface area contributed by atoms with Gasteiger partial charge in [-0.1, -0.05) is 19.3 Å². The van der Waals surface area contributed by atoms with E-state index in [4.69, 9.17) is 0 Å². The molecule has 2 saturated heterocycles. The molecule has 2 N–H and O–H groups in total. The first-order valence-electron chi connectivity index (χ1n) is 8.94. The molecule has 3 fully saturated rings. The molecule has 1 aliphatic carbocycles. The van der Waals surface area contributed by atoms with Crippen LogP contribution in [0.3, 0.4) is 0 Å². The number of hydrogen-bond acceptors (Lipinski definition) is 3. The molecule has 0 aromatic carbocycles. The molecule has 1 amide bonds. The normalized spacial score (nSPS) is 28.6. The monoisotopic (exact) mass is 293 g/mol. The van der Waals surface area contributed by atoms with Gasteiger partial charge in [-0.15, -0.1) is 0 Å². The molecule has 2 aliphatic heterocycles. The summed E-state index contributed by atoms with van der Waals surface area (Å²) < 4.78 is 0. The Balaban J connectivity index is 1.50. The van der Waals surface area contributed by atoms with Crippen LogP contribution >= 0.6 is 0 Å². The topological polar surface area (TPSA) is 44.4 Å². The molecule has 2 heterocycles. The number of nitrogens with one attached hydrogen (secondary N) is 2. The number of rotatable bonds is 3.